The molecule has 0 unspecified atom stereocenters. The van der Waals surface area contributed by atoms with Gasteiger partial charge in [-0.2, -0.15) is 5.26 Å². The van der Waals surface area contributed by atoms with Crippen LogP contribution in [0.3, 0.4) is 0 Å². The second-order valence-electron chi connectivity index (χ2n) is 9.17. The van der Waals surface area contributed by atoms with Gasteiger partial charge in [0.1, 0.15) is 6.07 Å². The van der Waals surface area contributed by atoms with Crippen molar-refractivity contribution in [2.75, 3.05) is 13.1 Å². The van der Waals surface area contributed by atoms with E-state index in [0.717, 1.165) is 47.7 Å². The molecule has 2 fully saturated rings. The van der Waals surface area contributed by atoms with Gasteiger partial charge in [0, 0.05) is 61.7 Å². The van der Waals surface area contributed by atoms with Gasteiger partial charge in [0.2, 0.25) is 0 Å². The van der Waals surface area contributed by atoms with Gasteiger partial charge >= 0.3 is 0 Å². The zero-order valence-corrected chi connectivity index (χ0v) is 17.6. The molecule has 0 spiro atoms. The molecule has 0 bridgehead atoms. The van der Waals surface area contributed by atoms with Crippen LogP contribution in [0.15, 0.2) is 24.4 Å². The van der Waals surface area contributed by atoms with E-state index in [1.54, 1.807) is 12.3 Å². The number of aromatic nitrogens is 1. The van der Waals surface area contributed by atoms with Crippen molar-refractivity contribution in [3.63, 3.8) is 0 Å². The number of halogens is 1. The molecule has 1 aromatic heterocycles. The molecule has 1 amide bonds. The fourth-order valence-corrected chi connectivity index (χ4v) is 5.39. The van der Waals surface area contributed by atoms with Crippen LogP contribution in [0.1, 0.15) is 60.0 Å². The molecule has 31 heavy (non-hydrogen) atoms. The minimum atomic E-state index is -1.73. The number of carbonyl (C=O) groups is 1. The first-order chi connectivity index (χ1) is 15.0. The number of likely N-dealkylation sites (tertiary alicyclic amines) is 1. The summed E-state index contributed by atoms with van der Waals surface area (Å²) in [6.07, 6.45) is 5.29. The second kappa shape index (κ2) is 7.85. The average molecular weight is 423 g/mol. The van der Waals surface area contributed by atoms with E-state index >= 15 is 0 Å². The molecular formula is C24H27FN4O2. The Labute approximate surface area is 181 Å². The van der Waals surface area contributed by atoms with Crippen LogP contribution in [0.25, 0.3) is 10.9 Å². The zero-order chi connectivity index (χ0) is 21.6. The predicted molar refractivity (Wildman–Crippen MR) is 114 cm³/mol. The van der Waals surface area contributed by atoms with Crippen molar-refractivity contribution in [2.24, 2.45) is 0 Å². The first-order valence-corrected chi connectivity index (χ1v) is 11.2. The van der Waals surface area contributed by atoms with Gasteiger partial charge in [-0.05, 0) is 30.5 Å². The minimum absolute atomic E-state index is 0.0272. The van der Waals surface area contributed by atoms with E-state index in [4.69, 9.17) is 5.26 Å². The highest BCUT2D eigenvalue weighted by atomic mass is 19.1. The Kier molecular flexibility index (Phi) is 5.15. The molecule has 2 atom stereocenters. The van der Waals surface area contributed by atoms with Gasteiger partial charge in [0.25, 0.3) is 5.91 Å². The summed E-state index contributed by atoms with van der Waals surface area (Å²) in [7, 11) is 0. The third-order valence-electron chi connectivity index (χ3n) is 7.24. The summed E-state index contributed by atoms with van der Waals surface area (Å²) in [5.74, 6) is -0.0272. The van der Waals surface area contributed by atoms with Gasteiger partial charge in [0.15, 0.2) is 5.67 Å². The van der Waals surface area contributed by atoms with Crippen LogP contribution in [0.4, 0.5) is 4.39 Å². The van der Waals surface area contributed by atoms with Crippen molar-refractivity contribution >= 4 is 16.8 Å². The van der Waals surface area contributed by atoms with Crippen molar-refractivity contribution in [3.05, 3.63) is 41.1 Å². The summed E-state index contributed by atoms with van der Waals surface area (Å²) >= 11 is 0. The zero-order valence-electron chi connectivity index (χ0n) is 17.6. The largest absolute Gasteiger partial charge is 0.391 e. The van der Waals surface area contributed by atoms with Crippen molar-refractivity contribution in [2.45, 2.75) is 69.4 Å². The van der Waals surface area contributed by atoms with Crippen molar-refractivity contribution in [1.82, 2.24) is 14.8 Å². The Morgan fingerprint density at radius 2 is 2.06 bits per heavy atom. The maximum absolute atomic E-state index is 14.3. The van der Waals surface area contributed by atoms with Crippen LogP contribution in [0.5, 0.6) is 0 Å². The van der Waals surface area contributed by atoms with Gasteiger partial charge in [0.05, 0.1) is 17.7 Å². The molecule has 7 heteroatoms. The number of pyridine rings is 1. The van der Waals surface area contributed by atoms with E-state index in [1.807, 2.05) is 23.1 Å². The quantitative estimate of drug-likeness (QED) is 0.821. The van der Waals surface area contributed by atoms with Crippen LogP contribution in [-0.2, 0) is 13.1 Å². The number of fused-ring (bicyclic) bond motifs is 3. The number of piperidine rings is 1. The average Bonchev–Trinajstić information content (AvgIpc) is 3.12. The SMILES string of the molecule is N#CC1(F)CCN(Cc2cc3c(c4ncccc24)CN([C@H]2CCCC[C@@H]2O)C3=O)CC1. The van der Waals surface area contributed by atoms with Crippen LogP contribution in [0, 0.1) is 11.3 Å². The van der Waals surface area contributed by atoms with Crippen molar-refractivity contribution in [3.8, 4) is 6.07 Å². The van der Waals surface area contributed by atoms with Crippen LogP contribution in [-0.4, -0.2) is 56.7 Å². The van der Waals surface area contributed by atoms with Gasteiger partial charge in [-0.1, -0.05) is 18.9 Å². The van der Waals surface area contributed by atoms with Crippen LogP contribution < -0.4 is 0 Å². The molecule has 5 rings (SSSR count). The third-order valence-corrected chi connectivity index (χ3v) is 7.24. The lowest BCUT2D eigenvalue weighted by molar-refractivity contribution is 0.0192. The van der Waals surface area contributed by atoms with Gasteiger partial charge in [-0.3, -0.25) is 14.7 Å². The lowest BCUT2D eigenvalue weighted by atomic mass is 9.91. The Morgan fingerprint density at radius 3 is 2.81 bits per heavy atom. The second-order valence-corrected chi connectivity index (χ2v) is 9.17. The monoisotopic (exact) mass is 422 g/mol. The van der Waals surface area contributed by atoms with Crippen LogP contribution >= 0.6 is 0 Å². The molecule has 3 aliphatic rings. The van der Waals surface area contributed by atoms with Gasteiger partial charge in [-0.15, -0.1) is 0 Å². The number of rotatable bonds is 3. The van der Waals surface area contributed by atoms with Gasteiger partial charge < -0.3 is 10.0 Å². The predicted octanol–water partition coefficient (Wildman–Crippen LogP) is 3.32. The highest BCUT2D eigenvalue weighted by molar-refractivity contribution is 6.04. The lowest BCUT2D eigenvalue weighted by Crippen LogP contribution is -2.45. The lowest BCUT2D eigenvalue weighted by Gasteiger charge is -2.35. The molecule has 0 radical (unpaired) electrons. The third kappa shape index (κ3) is 3.58. The normalized spacial score (nSPS) is 26.1. The first-order valence-electron chi connectivity index (χ1n) is 11.2. The fraction of sp³-hybridized carbons (Fsp3) is 0.542. The molecule has 1 saturated carbocycles. The summed E-state index contributed by atoms with van der Waals surface area (Å²) < 4.78 is 14.3. The smallest absolute Gasteiger partial charge is 0.254 e. The number of hydrogen-bond acceptors (Lipinski definition) is 5. The number of alkyl halides is 1. The first kappa shape index (κ1) is 20.3. The van der Waals surface area contributed by atoms with E-state index in [1.165, 1.54) is 0 Å². The maximum Gasteiger partial charge on any atom is 0.254 e. The summed E-state index contributed by atoms with van der Waals surface area (Å²) in [6, 6.07) is 7.56. The Bertz CT molecular complexity index is 1060. The highest BCUT2D eigenvalue weighted by Crippen LogP contribution is 2.36. The van der Waals surface area contributed by atoms with E-state index in [0.29, 0.717) is 31.7 Å². The molecule has 162 valence electrons. The number of benzene rings is 1. The molecule has 2 aromatic rings. The Hall–Kier alpha value is -2.56. The molecule has 6 nitrogen and oxygen atoms in total. The number of aliphatic hydroxyl groups excluding tert-OH is 1. The molecule has 1 aliphatic carbocycles. The summed E-state index contributed by atoms with van der Waals surface area (Å²) in [4.78, 5) is 21.9. The molecule has 1 aromatic carbocycles. The number of nitriles is 1. The van der Waals surface area contributed by atoms with Crippen molar-refractivity contribution in [1.29, 1.82) is 5.26 Å². The number of nitrogens with zero attached hydrogens (tertiary/aromatic N) is 4. The Balaban J connectivity index is 1.46. The van der Waals surface area contributed by atoms with E-state index in [9.17, 15) is 14.3 Å². The van der Waals surface area contributed by atoms with E-state index in [2.05, 4.69) is 9.88 Å². The van der Waals surface area contributed by atoms with Gasteiger partial charge in [-0.25, -0.2) is 4.39 Å². The Morgan fingerprint density at radius 1 is 1.29 bits per heavy atom. The highest BCUT2D eigenvalue weighted by Gasteiger charge is 2.39. The summed E-state index contributed by atoms with van der Waals surface area (Å²) in [5.41, 5.74) is 1.73. The van der Waals surface area contributed by atoms with E-state index < -0.39 is 11.8 Å². The minimum Gasteiger partial charge on any atom is -0.391 e. The summed E-state index contributed by atoms with van der Waals surface area (Å²) in [6.45, 7) is 2.10. The molecule has 3 heterocycles. The number of amides is 1. The number of hydrogen-bond donors (Lipinski definition) is 1. The summed E-state index contributed by atoms with van der Waals surface area (Å²) in [5, 5.41) is 20.6. The topological polar surface area (TPSA) is 80.5 Å². The molecule has 2 aliphatic heterocycles. The standard InChI is InChI=1S/C24H27FN4O2/c25-24(15-26)7-10-28(11-8-24)13-16-12-18-19(22-17(16)4-3-9-27-22)14-29(23(18)31)20-5-1-2-6-21(20)30/h3-4,9,12,20-21,30H,1-2,5-8,10-11,13-14H2/t20-,21-/m0/s1. The van der Waals surface area contributed by atoms with Crippen molar-refractivity contribution < 1.29 is 14.3 Å². The maximum atomic E-state index is 14.3. The van der Waals surface area contributed by atoms with E-state index in [-0.39, 0.29) is 24.8 Å². The molecule has 1 saturated heterocycles. The number of carbonyl (C=O) groups excluding carboxylic acids is 1. The fourth-order valence-electron chi connectivity index (χ4n) is 5.39. The molecular weight excluding hydrogens is 395 g/mol. The number of aliphatic hydroxyl groups is 1. The van der Waals surface area contributed by atoms with Crippen LogP contribution in [0.2, 0.25) is 0 Å². The molecule has 1 N–H and O–H groups in total.